The number of benzene rings is 3. The van der Waals surface area contributed by atoms with Crippen molar-refractivity contribution in [3.8, 4) is 5.75 Å². The van der Waals surface area contributed by atoms with Crippen LogP contribution < -0.4 is 4.74 Å². The Morgan fingerprint density at radius 2 is 1.82 bits per heavy atom. The topological polar surface area (TPSA) is 107 Å². The van der Waals surface area contributed by atoms with E-state index in [0.29, 0.717) is 5.56 Å². The number of aryl methyl sites for hydroxylation is 1. The summed E-state index contributed by atoms with van der Waals surface area (Å²) in [6.45, 7) is 2.11. The second-order valence-corrected chi connectivity index (χ2v) is 8.46. The van der Waals surface area contributed by atoms with Crippen LogP contribution >= 0.6 is 11.8 Å². The maximum Gasteiger partial charge on any atom is 0.343 e. The first-order valence-electron chi connectivity index (χ1n) is 10.2. The summed E-state index contributed by atoms with van der Waals surface area (Å²) < 4.78 is 5.34. The second kappa shape index (κ2) is 9.72. The van der Waals surface area contributed by atoms with Gasteiger partial charge in [0.2, 0.25) is 0 Å². The average Bonchev–Trinajstić information content (AvgIpc) is 3.08. The molecular formula is C25H18N2O6S. The molecule has 0 bridgehead atoms. The molecule has 8 nitrogen and oxygen atoms in total. The Balaban J connectivity index is 1.50. The van der Waals surface area contributed by atoms with Crippen molar-refractivity contribution in [3.63, 3.8) is 0 Å². The van der Waals surface area contributed by atoms with E-state index in [4.69, 9.17) is 4.74 Å². The van der Waals surface area contributed by atoms with Crippen LogP contribution in [0.1, 0.15) is 27.0 Å². The van der Waals surface area contributed by atoms with Gasteiger partial charge in [0.25, 0.3) is 16.8 Å². The smallest absolute Gasteiger partial charge is 0.343 e. The minimum Gasteiger partial charge on any atom is -0.423 e. The quantitative estimate of drug-likeness (QED) is 0.156. The van der Waals surface area contributed by atoms with Crippen LogP contribution in [-0.2, 0) is 11.3 Å². The number of hydrogen-bond donors (Lipinski definition) is 0. The number of nitro benzene ring substituents is 1. The number of hydrogen-bond acceptors (Lipinski definition) is 7. The van der Waals surface area contributed by atoms with Crippen LogP contribution in [0.3, 0.4) is 0 Å². The van der Waals surface area contributed by atoms with Gasteiger partial charge in [-0.1, -0.05) is 42.5 Å². The third-order valence-corrected chi connectivity index (χ3v) is 6.03. The molecule has 2 amide bonds. The van der Waals surface area contributed by atoms with Gasteiger partial charge in [-0.25, -0.2) is 4.79 Å². The molecule has 0 unspecified atom stereocenters. The molecule has 0 saturated carbocycles. The number of esters is 1. The molecule has 0 aliphatic carbocycles. The van der Waals surface area contributed by atoms with Crippen molar-refractivity contribution in [3.05, 3.63) is 110 Å². The number of thioether (sulfide) groups is 1. The molecule has 1 heterocycles. The van der Waals surface area contributed by atoms with Crippen LogP contribution in [0.5, 0.6) is 5.75 Å². The fraction of sp³-hybridized carbons (Fsp3) is 0.0800. The number of nitro groups is 1. The Kier molecular flexibility index (Phi) is 6.55. The van der Waals surface area contributed by atoms with E-state index in [0.717, 1.165) is 29.0 Å². The normalized spacial score (nSPS) is 14.5. The summed E-state index contributed by atoms with van der Waals surface area (Å²) in [7, 11) is 0. The van der Waals surface area contributed by atoms with Crippen LogP contribution in [-0.4, -0.2) is 26.9 Å². The zero-order valence-electron chi connectivity index (χ0n) is 18.0. The van der Waals surface area contributed by atoms with E-state index in [1.165, 1.54) is 23.1 Å². The van der Waals surface area contributed by atoms with Crippen LogP contribution in [0.4, 0.5) is 10.5 Å². The van der Waals surface area contributed by atoms with Gasteiger partial charge >= 0.3 is 5.97 Å². The first-order valence-corrected chi connectivity index (χ1v) is 11.0. The van der Waals surface area contributed by atoms with E-state index in [-0.39, 0.29) is 33.7 Å². The highest BCUT2D eigenvalue weighted by molar-refractivity contribution is 8.18. The Hall–Kier alpha value is -4.24. The van der Waals surface area contributed by atoms with Gasteiger partial charge in [0.1, 0.15) is 5.75 Å². The number of ether oxygens (including phenoxy) is 1. The second-order valence-electron chi connectivity index (χ2n) is 7.46. The van der Waals surface area contributed by atoms with E-state index in [1.54, 1.807) is 30.3 Å². The minimum absolute atomic E-state index is 0.0388. The number of amides is 2. The van der Waals surface area contributed by atoms with E-state index >= 15 is 0 Å². The molecule has 0 spiro atoms. The summed E-state index contributed by atoms with van der Waals surface area (Å²) >= 11 is 0.850. The van der Waals surface area contributed by atoms with Crippen molar-refractivity contribution in [1.82, 2.24) is 4.90 Å². The Labute approximate surface area is 199 Å². The zero-order chi connectivity index (χ0) is 24.2. The molecule has 1 saturated heterocycles. The van der Waals surface area contributed by atoms with Gasteiger partial charge in [-0.2, -0.15) is 0 Å². The first-order chi connectivity index (χ1) is 16.3. The molecule has 1 fully saturated rings. The lowest BCUT2D eigenvalue weighted by atomic mass is 10.1. The van der Waals surface area contributed by atoms with Gasteiger partial charge in [-0.05, 0) is 59.7 Å². The maximum atomic E-state index is 12.8. The molecule has 0 radical (unpaired) electrons. The van der Waals surface area contributed by atoms with Crippen molar-refractivity contribution in [2.75, 3.05) is 0 Å². The molecule has 9 heteroatoms. The molecule has 4 rings (SSSR count). The van der Waals surface area contributed by atoms with Gasteiger partial charge in [-0.15, -0.1) is 0 Å². The van der Waals surface area contributed by atoms with E-state index in [9.17, 15) is 24.5 Å². The number of imide groups is 1. The number of rotatable bonds is 6. The molecule has 1 aliphatic heterocycles. The summed E-state index contributed by atoms with van der Waals surface area (Å²) in [6, 6.07) is 19.2. The van der Waals surface area contributed by atoms with Gasteiger partial charge in [0, 0.05) is 12.1 Å². The minimum atomic E-state index is -0.751. The molecule has 3 aromatic rings. The lowest BCUT2D eigenvalue weighted by Gasteiger charge is -2.14. The third-order valence-electron chi connectivity index (χ3n) is 5.12. The van der Waals surface area contributed by atoms with Crippen LogP contribution in [0, 0.1) is 17.0 Å². The summed E-state index contributed by atoms with van der Waals surface area (Å²) in [5.74, 6) is -0.943. The summed E-state index contributed by atoms with van der Waals surface area (Å²) in [4.78, 5) is 49.5. The largest absolute Gasteiger partial charge is 0.423 e. The Morgan fingerprint density at radius 1 is 1.06 bits per heavy atom. The van der Waals surface area contributed by atoms with Gasteiger partial charge in [0.15, 0.2) is 0 Å². The molecule has 1 aliphatic rings. The van der Waals surface area contributed by atoms with Crippen molar-refractivity contribution in [2.45, 2.75) is 13.5 Å². The average molecular weight is 474 g/mol. The highest BCUT2D eigenvalue weighted by atomic mass is 32.2. The SMILES string of the molecule is Cc1ccccc1CN1C(=O)S/C(=C\c2cccc(OC(=O)c3cccc([N+](=O)[O-])c3)c2)C1=O. The molecule has 170 valence electrons. The van der Waals surface area contributed by atoms with Crippen molar-refractivity contribution in [1.29, 1.82) is 0 Å². The first kappa shape index (κ1) is 22.9. The number of carbonyl (C=O) groups is 3. The summed E-state index contributed by atoms with van der Waals surface area (Å²) in [5.41, 5.74) is 2.26. The zero-order valence-corrected chi connectivity index (χ0v) is 18.8. The Bertz CT molecular complexity index is 1350. The number of nitrogens with zero attached hydrogens (tertiary/aromatic N) is 2. The molecule has 0 N–H and O–H groups in total. The molecule has 34 heavy (non-hydrogen) atoms. The third kappa shape index (κ3) is 5.05. The van der Waals surface area contributed by atoms with Gasteiger partial charge in [-0.3, -0.25) is 24.6 Å². The predicted octanol–water partition coefficient (Wildman–Crippen LogP) is 5.36. The maximum absolute atomic E-state index is 12.8. The van der Waals surface area contributed by atoms with Crippen LogP contribution in [0.15, 0.2) is 77.7 Å². The molecule has 0 atom stereocenters. The standard InChI is InChI=1S/C25H18N2O6S/c1-16-6-2-3-8-19(16)15-26-23(28)22(34-25(26)30)13-17-7-4-11-21(12-17)33-24(29)18-9-5-10-20(14-18)27(31)32/h2-14H,15H2,1H3/b22-13-. The highest BCUT2D eigenvalue weighted by Crippen LogP contribution is 2.34. The predicted molar refractivity (Wildman–Crippen MR) is 127 cm³/mol. The van der Waals surface area contributed by atoms with Crippen LogP contribution in [0.2, 0.25) is 0 Å². The molecule has 0 aromatic heterocycles. The monoisotopic (exact) mass is 474 g/mol. The fourth-order valence-electron chi connectivity index (χ4n) is 3.33. The van der Waals surface area contributed by atoms with Crippen molar-refractivity contribution >= 4 is 40.6 Å². The molecule has 3 aromatic carbocycles. The fourth-order valence-corrected chi connectivity index (χ4v) is 4.16. The van der Waals surface area contributed by atoms with Crippen molar-refractivity contribution in [2.24, 2.45) is 0 Å². The number of non-ortho nitro benzene ring substituents is 1. The number of carbonyl (C=O) groups excluding carboxylic acids is 3. The van der Waals surface area contributed by atoms with Gasteiger partial charge in [0.05, 0.1) is 21.9 Å². The van der Waals surface area contributed by atoms with Crippen LogP contribution in [0.25, 0.3) is 6.08 Å². The van der Waals surface area contributed by atoms with Gasteiger partial charge < -0.3 is 4.74 Å². The lowest BCUT2D eigenvalue weighted by molar-refractivity contribution is -0.384. The van der Waals surface area contributed by atoms with E-state index in [1.807, 2.05) is 31.2 Å². The van der Waals surface area contributed by atoms with Crippen molar-refractivity contribution < 1.29 is 24.0 Å². The Morgan fingerprint density at radius 3 is 2.59 bits per heavy atom. The highest BCUT2D eigenvalue weighted by Gasteiger charge is 2.35. The lowest BCUT2D eigenvalue weighted by Crippen LogP contribution is -2.27. The van der Waals surface area contributed by atoms with E-state index < -0.39 is 16.8 Å². The summed E-state index contributed by atoms with van der Waals surface area (Å²) in [6.07, 6.45) is 1.56. The summed E-state index contributed by atoms with van der Waals surface area (Å²) in [5, 5.41) is 10.6. The van der Waals surface area contributed by atoms with E-state index in [2.05, 4.69) is 0 Å². The molecular weight excluding hydrogens is 456 g/mol.